The lowest BCUT2D eigenvalue weighted by Gasteiger charge is -2.19. The lowest BCUT2D eigenvalue weighted by atomic mass is 10.1. The summed E-state index contributed by atoms with van der Waals surface area (Å²) in [6.45, 7) is 5.38. The third-order valence-corrected chi connectivity index (χ3v) is 3.20. The quantitative estimate of drug-likeness (QED) is 0.724. The molecule has 19 heavy (non-hydrogen) atoms. The Bertz CT molecular complexity index is 628. The molecule has 0 atom stereocenters. The van der Waals surface area contributed by atoms with Crippen LogP contribution in [0, 0.1) is 5.82 Å². The molecule has 0 aliphatic heterocycles. The Morgan fingerprint density at radius 1 is 1.42 bits per heavy atom. The molecule has 0 aliphatic rings. The summed E-state index contributed by atoms with van der Waals surface area (Å²) in [5.74, 6) is -0.370. The monoisotopic (exact) mass is 327 g/mol. The van der Waals surface area contributed by atoms with Crippen LogP contribution >= 0.6 is 15.9 Å². The van der Waals surface area contributed by atoms with Gasteiger partial charge in [0.15, 0.2) is 0 Å². The molecule has 1 aromatic carbocycles. The Hall–Kier alpha value is -1.36. The first kappa shape index (κ1) is 14.1. The van der Waals surface area contributed by atoms with Crippen molar-refractivity contribution in [2.45, 2.75) is 31.7 Å². The van der Waals surface area contributed by atoms with Crippen molar-refractivity contribution in [2.75, 3.05) is 0 Å². The molecule has 2 aromatic rings. The van der Waals surface area contributed by atoms with Gasteiger partial charge in [0.1, 0.15) is 11.4 Å². The number of rotatable bonds is 1. The van der Waals surface area contributed by atoms with E-state index in [0.717, 1.165) is 10.9 Å². The third kappa shape index (κ3) is 2.97. The Kier molecular flexibility index (Phi) is 3.67. The summed E-state index contributed by atoms with van der Waals surface area (Å²) in [6.07, 6.45) is 1.10. The smallest absolute Gasteiger partial charge is 0.418 e. The molecule has 5 heteroatoms. The molecular formula is C14H15BrFNO2. The van der Waals surface area contributed by atoms with Gasteiger partial charge in [-0.1, -0.05) is 15.9 Å². The van der Waals surface area contributed by atoms with Gasteiger partial charge in [0.05, 0.1) is 5.52 Å². The van der Waals surface area contributed by atoms with Crippen LogP contribution in [0.15, 0.2) is 24.4 Å². The number of nitrogens with zero attached hydrogens (tertiary/aromatic N) is 1. The van der Waals surface area contributed by atoms with Gasteiger partial charge in [-0.05, 0) is 44.5 Å². The van der Waals surface area contributed by atoms with Crippen LogP contribution in [0.1, 0.15) is 26.3 Å². The highest BCUT2D eigenvalue weighted by molar-refractivity contribution is 9.08. The molecule has 0 radical (unpaired) electrons. The average molecular weight is 328 g/mol. The van der Waals surface area contributed by atoms with Crippen LogP contribution in [0.25, 0.3) is 10.9 Å². The fourth-order valence-corrected chi connectivity index (χ4v) is 2.32. The molecule has 0 aliphatic carbocycles. The van der Waals surface area contributed by atoms with E-state index in [4.69, 9.17) is 4.74 Å². The Balaban J connectivity index is 2.51. The van der Waals surface area contributed by atoms with Crippen LogP contribution in [0.2, 0.25) is 0 Å². The fourth-order valence-electron chi connectivity index (χ4n) is 1.86. The predicted molar refractivity (Wildman–Crippen MR) is 76.2 cm³/mol. The Morgan fingerprint density at radius 2 is 2.11 bits per heavy atom. The van der Waals surface area contributed by atoms with Gasteiger partial charge in [-0.15, -0.1) is 0 Å². The summed E-state index contributed by atoms with van der Waals surface area (Å²) in [6, 6.07) is 4.58. The second kappa shape index (κ2) is 4.96. The van der Waals surface area contributed by atoms with Gasteiger partial charge in [0.2, 0.25) is 0 Å². The molecule has 1 aromatic heterocycles. The van der Waals surface area contributed by atoms with Crippen molar-refractivity contribution in [1.82, 2.24) is 4.57 Å². The van der Waals surface area contributed by atoms with Crippen LogP contribution in [0.5, 0.6) is 0 Å². The average Bonchev–Trinajstić information content (AvgIpc) is 2.69. The number of carbonyl (C=O) groups excluding carboxylic acids is 1. The first-order valence-corrected chi connectivity index (χ1v) is 7.03. The molecule has 0 saturated carbocycles. The van der Waals surface area contributed by atoms with E-state index >= 15 is 0 Å². The van der Waals surface area contributed by atoms with E-state index in [-0.39, 0.29) is 5.82 Å². The van der Waals surface area contributed by atoms with Crippen molar-refractivity contribution in [1.29, 1.82) is 0 Å². The zero-order valence-electron chi connectivity index (χ0n) is 11.0. The number of aromatic nitrogens is 1. The molecule has 0 fully saturated rings. The van der Waals surface area contributed by atoms with Crippen molar-refractivity contribution >= 4 is 32.9 Å². The standard InChI is InChI=1S/C14H15BrFNO2/c1-14(2,3)19-13(18)17-5-4-11-9(8-15)6-10(16)7-12(11)17/h4-7H,8H2,1-3H3. The van der Waals surface area contributed by atoms with Crippen LogP contribution in [-0.2, 0) is 10.1 Å². The number of fused-ring (bicyclic) bond motifs is 1. The van der Waals surface area contributed by atoms with E-state index in [1.54, 1.807) is 33.0 Å². The molecule has 3 nitrogen and oxygen atoms in total. The zero-order chi connectivity index (χ0) is 14.2. The zero-order valence-corrected chi connectivity index (χ0v) is 12.6. The number of ether oxygens (including phenoxy) is 1. The van der Waals surface area contributed by atoms with Crippen LogP contribution in [-0.4, -0.2) is 16.3 Å². The van der Waals surface area contributed by atoms with Gasteiger partial charge >= 0.3 is 6.09 Å². The van der Waals surface area contributed by atoms with Crippen molar-refractivity contribution in [3.8, 4) is 0 Å². The van der Waals surface area contributed by atoms with E-state index in [1.165, 1.54) is 16.7 Å². The minimum absolute atomic E-state index is 0.370. The highest BCUT2D eigenvalue weighted by Gasteiger charge is 2.19. The molecule has 0 spiro atoms. The summed E-state index contributed by atoms with van der Waals surface area (Å²) < 4.78 is 20.2. The fraction of sp³-hybridized carbons (Fsp3) is 0.357. The molecule has 0 bridgehead atoms. The highest BCUT2D eigenvalue weighted by atomic mass is 79.9. The Morgan fingerprint density at radius 3 is 2.68 bits per heavy atom. The molecule has 0 unspecified atom stereocenters. The van der Waals surface area contributed by atoms with E-state index in [2.05, 4.69) is 15.9 Å². The summed E-state index contributed by atoms with van der Waals surface area (Å²) in [5.41, 5.74) is 0.736. The van der Waals surface area contributed by atoms with Gasteiger partial charge in [0, 0.05) is 16.9 Å². The Labute approximate surface area is 119 Å². The largest absolute Gasteiger partial charge is 0.443 e. The first-order valence-electron chi connectivity index (χ1n) is 5.90. The van der Waals surface area contributed by atoms with Gasteiger partial charge < -0.3 is 4.74 Å². The topological polar surface area (TPSA) is 31.2 Å². The molecule has 2 rings (SSSR count). The minimum Gasteiger partial charge on any atom is -0.443 e. The summed E-state index contributed by atoms with van der Waals surface area (Å²) >= 11 is 3.32. The van der Waals surface area contributed by atoms with Crippen molar-refractivity contribution < 1.29 is 13.9 Å². The maximum atomic E-state index is 13.6. The maximum Gasteiger partial charge on any atom is 0.418 e. The SMILES string of the molecule is CC(C)(C)OC(=O)n1ccc2c(CBr)cc(F)cc21. The lowest BCUT2D eigenvalue weighted by Crippen LogP contribution is -2.26. The van der Waals surface area contributed by atoms with Crippen LogP contribution < -0.4 is 0 Å². The number of alkyl halides is 1. The number of benzene rings is 1. The summed E-state index contributed by atoms with van der Waals surface area (Å²) in [7, 11) is 0. The first-order chi connectivity index (χ1) is 8.81. The second-order valence-electron chi connectivity index (χ2n) is 5.30. The van der Waals surface area contributed by atoms with Crippen molar-refractivity contribution in [3.05, 3.63) is 35.8 Å². The van der Waals surface area contributed by atoms with E-state index in [0.29, 0.717) is 10.8 Å². The van der Waals surface area contributed by atoms with Gasteiger partial charge in [-0.3, -0.25) is 4.57 Å². The summed E-state index contributed by atoms with van der Waals surface area (Å²) in [4.78, 5) is 12.1. The molecule has 1 heterocycles. The van der Waals surface area contributed by atoms with E-state index in [9.17, 15) is 9.18 Å². The van der Waals surface area contributed by atoms with Gasteiger partial charge in [-0.2, -0.15) is 0 Å². The third-order valence-electron chi connectivity index (χ3n) is 2.59. The van der Waals surface area contributed by atoms with E-state index in [1.807, 2.05) is 0 Å². The van der Waals surface area contributed by atoms with Crippen LogP contribution in [0.3, 0.4) is 0 Å². The second-order valence-corrected chi connectivity index (χ2v) is 5.86. The molecule has 102 valence electrons. The normalized spacial score (nSPS) is 11.8. The van der Waals surface area contributed by atoms with E-state index < -0.39 is 11.7 Å². The molecule has 0 N–H and O–H groups in total. The number of hydrogen-bond donors (Lipinski definition) is 0. The summed E-state index contributed by atoms with van der Waals surface area (Å²) in [5, 5.41) is 1.36. The molecule has 0 saturated heterocycles. The number of halogens is 2. The molecule has 0 amide bonds. The number of hydrogen-bond acceptors (Lipinski definition) is 2. The molecular weight excluding hydrogens is 313 g/mol. The van der Waals surface area contributed by atoms with Gasteiger partial charge in [-0.25, -0.2) is 9.18 Å². The van der Waals surface area contributed by atoms with Crippen molar-refractivity contribution in [3.63, 3.8) is 0 Å². The highest BCUT2D eigenvalue weighted by Crippen LogP contribution is 2.24. The van der Waals surface area contributed by atoms with Gasteiger partial charge in [0.25, 0.3) is 0 Å². The van der Waals surface area contributed by atoms with Crippen LogP contribution in [0.4, 0.5) is 9.18 Å². The number of carbonyl (C=O) groups is 1. The van der Waals surface area contributed by atoms with Crippen molar-refractivity contribution in [2.24, 2.45) is 0 Å². The maximum absolute atomic E-state index is 13.6. The minimum atomic E-state index is -0.584. The lowest BCUT2D eigenvalue weighted by molar-refractivity contribution is 0.0544. The predicted octanol–water partition coefficient (Wildman–Crippen LogP) is 4.46.